The molecule has 1 rings (SSSR count). The largest absolute Gasteiger partial charge is 0.339 e. The van der Waals surface area contributed by atoms with E-state index in [1.54, 1.807) is 4.90 Å². The fourth-order valence-corrected chi connectivity index (χ4v) is 2.25. The van der Waals surface area contributed by atoms with Crippen molar-refractivity contribution in [2.24, 2.45) is 5.92 Å². The lowest BCUT2D eigenvalue weighted by atomic mass is 10.0. The highest BCUT2D eigenvalue weighted by Gasteiger charge is 2.23. The lowest BCUT2D eigenvalue weighted by Gasteiger charge is -2.28. The third-order valence-electron chi connectivity index (χ3n) is 3.22. The molecule has 0 spiro atoms. The molecule has 0 saturated carbocycles. The molecule has 0 heterocycles. The van der Waals surface area contributed by atoms with Crippen LogP contribution in [0.15, 0.2) is 24.3 Å². The quantitative estimate of drug-likeness (QED) is 0.891. The average Bonchev–Trinajstić information content (AvgIpc) is 2.37. The molecule has 0 saturated heterocycles. The molecular formula is C14H21ClN2O. The number of carbonyl (C=O) groups excluding carboxylic acids is 1. The summed E-state index contributed by atoms with van der Waals surface area (Å²) in [4.78, 5) is 14.0. The normalized spacial score (nSPS) is 14.1. The number of benzene rings is 1. The van der Waals surface area contributed by atoms with Gasteiger partial charge in [0.15, 0.2) is 0 Å². The first-order valence-corrected chi connectivity index (χ1v) is 6.52. The minimum Gasteiger partial charge on any atom is -0.339 e. The fourth-order valence-electron chi connectivity index (χ4n) is 1.95. The maximum absolute atomic E-state index is 12.2. The zero-order valence-electron chi connectivity index (χ0n) is 11.4. The van der Waals surface area contributed by atoms with Gasteiger partial charge in [0.1, 0.15) is 0 Å². The van der Waals surface area contributed by atoms with Crippen LogP contribution in [0.3, 0.4) is 0 Å². The summed E-state index contributed by atoms with van der Waals surface area (Å²) in [5, 5.41) is 3.72. The Balaban J connectivity index is 2.81. The number of nitrogens with one attached hydrogen (secondary N) is 1. The second kappa shape index (κ2) is 6.76. The van der Waals surface area contributed by atoms with E-state index in [1.807, 2.05) is 52.2 Å². The summed E-state index contributed by atoms with van der Waals surface area (Å²) in [6, 6.07) is 7.62. The molecule has 0 bridgehead atoms. The average molecular weight is 269 g/mol. The number of rotatable bonds is 5. The zero-order valence-corrected chi connectivity index (χ0v) is 12.2. The van der Waals surface area contributed by atoms with Crippen LogP contribution in [-0.4, -0.2) is 31.4 Å². The molecule has 0 aliphatic rings. The Hall–Kier alpha value is -1.06. The van der Waals surface area contributed by atoms with Crippen molar-refractivity contribution in [1.82, 2.24) is 10.2 Å². The molecule has 1 amide bonds. The molecule has 0 aliphatic heterocycles. The van der Waals surface area contributed by atoms with Crippen LogP contribution in [-0.2, 0) is 4.79 Å². The third kappa shape index (κ3) is 3.47. The number of carbonyl (C=O) groups is 1. The van der Waals surface area contributed by atoms with Crippen LogP contribution in [0.5, 0.6) is 0 Å². The Kier molecular flexibility index (Phi) is 5.63. The molecule has 4 heteroatoms. The van der Waals surface area contributed by atoms with Gasteiger partial charge in [-0.2, -0.15) is 0 Å². The maximum Gasteiger partial charge on any atom is 0.226 e. The summed E-state index contributed by atoms with van der Waals surface area (Å²) in [6.07, 6.45) is 0. The van der Waals surface area contributed by atoms with Gasteiger partial charge < -0.3 is 10.2 Å². The van der Waals surface area contributed by atoms with Crippen molar-refractivity contribution < 1.29 is 4.79 Å². The van der Waals surface area contributed by atoms with E-state index in [4.69, 9.17) is 11.6 Å². The van der Waals surface area contributed by atoms with Crippen LogP contribution in [0.1, 0.15) is 25.5 Å². The van der Waals surface area contributed by atoms with Crippen molar-refractivity contribution in [3.05, 3.63) is 34.9 Å². The smallest absolute Gasteiger partial charge is 0.226 e. The number of halogens is 1. The van der Waals surface area contributed by atoms with Crippen LogP contribution in [0, 0.1) is 5.92 Å². The van der Waals surface area contributed by atoms with Gasteiger partial charge in [-0.3, -0.25) is 4.79 Å². The zero-order chi connectivity index (χ0) is 13.7. The lowest BCUT2D eigenvalue weighted by molar-refractivity contribution is -0.135. The summed E-state index contributed by atoms with van der Waals surface area (Å²) in [5.41, 5.74) is 0.978. The van der Waals surface area contributed by atoms with Crippen molar-refractivity contribution in [1.29, 1.82) is 0 Å². The number of amides is 1. The molecule has 0 radical (unpaired) electrons. The minimum absolute atomic E-state index is 0.0227. The highest BCUT2D eigenvalue weighted by molar-refractivity contribution is 6.31. The van der Waals surface area contributed by atoms with Gasteiger partial charge in [-0.15, -0.1) is 0 Å². The van der Waals surface area contributed by atoms with E-state index in [0.29, 0.717) is 11.6 Å². The van der Waals surface area contributed by atoms with E-state index in [9.17, 15) is 4.79 Å². The number of hydrogen-bond acceptors (Lipinski definition) is 2. The molecule has 0 aromatic heterocycles. The van der Waals surface area contributed by atoms with E-state index < -0.39 is 0 Å². The van der Waals surface area contributed by atoms with Crippen molar-refractivity contribution in [3.8, 4) is 0 Å². The first-order chi connectivity index (χ1) is 8.49. The summed E-state index contributed by atoms with van der Waals surface area (Å²) in [5.74, 6) is 0.0849. The van der Waals surface area contributed by atoms with E-state index in [1.165, 1.54) is 0 Å². The van der Waals surface area contributed by atoms with Gasteiger partial charge in [0.05, 0.1) is 6.04 Å². The summed E-state index contributed by atoms with van der Waals surface area (Å²) >= 11 is 6.16. The number of nitrogens with zero attached hydrogens (tertiary/aromatic N) is 1. The molecule has 2 unspecified atom stereocenters. The highest BCUT2D eigenvalue weighted by Crippen LogP contribution is 2.26. The number of hydrogen-bond donors (Lipinski definition) is 1. The van der Waals surface area contributed by atoms with Gasteiger partial charge >= 0.3 is 0 Å². The Morgan fingerprint density at radius 2 is 2.00 bits per heavy atom. The Bertz CT molecular complexity index is 409. The van der Waals surface area contributed by atoms with Gasteiger partial charge in [-0.05, 0) is 25.6 Å². The molecule has 1 aromatic rings. The van der Waals surface area contributed by atoms with E-state index in [2.05, 4.69) is 5.32 Å². The maximum atomic E-state index is 12.2. The lowest BCUT2D eigenvalue weighted by Crippen LogP contribution is -2.37. The third-order valence-corrected chi connectivity index (χ3v) is 3.56. The van der Waals surface area contributed by atoms with Crippen LogP contribution < -0.4 is 5.32 Å². The molecule has 18 heavy (non-hydrogen) atoms. The predicted molar refractivity (Wildman–Crippen MR) is 75.7 cm³/mol. The standard InChI is InChI=1S/C14H21ClN2O/c1-10(9-16-3)14(18)17(4)11(2)12-7-5-6-8-13(12)15/h5-8,10-11,16H,9H2,1-4H3. The Labute approximate surface area is 114 Å². The summed E-state index contributed by atoms with van der Waals surface area (Å²) < 4.78 is 0. The molecule has 100 valence electrons. The van der Waals surface area contributed by atoms with Crippen LogP contribution in [0.25, 0.3) is 0 Å². The SMILES string of the molecule is CNCC(C)C(=O)N(C)C(C)c1ccccc1Cl. The Morgan fingerprint density at radius 3 is 2.56 bits per heavy atom. The monoisotopic (exact) mass is 268 g/mol. The van der Waals surface area contributed by atoms with Gasteiger partial charge in [0.2, 0.25) is 5.91 Å². The topological polar surface area (TPSA) is 32.3 Å². The molecule has 0 fully saturated rings. The first-order valence-electron chi connectivity index (χ1n) is 6.14. The van der Waals surface area contributed by atoms with Crippen LogP contribution in [0.4, 0.5) is 0 Å². The second-order valence-electron chi connectivity index (χ2n) is 4.61. The molecular weight excluding hydrogens is 248 g/mol. The first kappa shape index (κ1) is 15.0. The van der Waals surface area contributed by atoms with Crippen molar-refractivity contribution in [2.45, 2.75) is 19.9 Å². The van der Waals surface area contributed by atoms with Gasteiger partial charge in [0, 0.05) is 24.5 Å². The van der Waals surface area contributed by atoms with Gasteiger partial charge in [0.25, 0.3) is 0 Å². The van der Waals surface area contributed by atoms with Crippen LogP contribution in [0.2, 0.25) is 5.02 Å². The van der Waals surface area contributed by atoms with Gasteiger partial charge in [-0.1, -0.05) is 36.7 Å². The van der Waals surface area contributed by atoms with Crippen molar-refractivity contribution in [3.63, 3.8) is 0 Å². The molecule has 0 aliphatic carbocycles. The summed E-state index contributed by atoms with van der Waals surface area (Å²) in [7, 11) is 3.67. The Morgan fingerprint density at radius 1 is 1.39 bits per heavy atom. The van der Waals surface area contributed by atoms with Crippen LogP contribution >= 0.6 is 11.6 Å². The van der Waals surface area contributed by atoms with E-state index in [-0.39, 0.29) is 17.9 Å². The molecule has 2 atom stereocenters. The fraction of sp³-hybridized carbons (Fsp3) is 0.500. The van der Waals surface area contributed by atoms with Gasteiger partial charge in [-0.25, -0.2) is 0 Å². The minimum atomic E-state index is -0.0371. The predicted octanol–water partition coefficient (Wildman–Crippen LogP) is 2.71. The molecule has 1 aromatic carbocycles. The molecule has 3 nitrogen and oxygen atoms in total. The summed E-state index contributed by atoms with van der Waals surface area (Å²) in [6.45, 7) is 4.60. The second-order valence-corrected chi connectivity index (χ2v) is 5.01. The highest BCUT2D eigenvalue weighted by atomic mass is 35.5. The van der Waals surface area contributed by atoms with Crippen molar-refractivity contribution in [2.75, 3.05) is 20.6 Å². The van der Waals surface area contributed by atoms with E-state index >= 15 is 0 Å². The molecule has 1 N–H and O–H groups in total. The van der Waals surface area contributed by atoms with E-state index in [0.717, 1.165) is 5.56 Å². The van der Waals surface area contributed by atoms with Crippen molar-refractivity contribution >= 4 is 17.5 Å².